The molecule has 1 aliphatic rings. The summed E-state index contributed by atoms with van der Waals surface area (Å²) in [7, 11) is 0. The van der Waals surface area contributed by atoms with Gasteiger partial charge in [-0.3, -0.25) is 0 Å². The van der Waals surface area contributed by atoms with E-state index >= 15 is 0 Å². The van der Waals surface area contributed by atoms with Crippen molar-refractivity contribution >= 4 is 17.3 Å². The highest BCUT2D eigenvalue weighted by Crippen LogP contribution is 2.24. The summed E-state index contributed by atoms with van der Waals surface area (Å²) < 4.78 is 0. The van der Waals surface area contributed by atoms with Crippen molar-refractivity contribution in [3.63, 3.8) is 0 Å². The maximum absolute atomic E-state index is 9.52. The first-order valence-electron chi connectivity index (χ1n) is 5.93. The number of pyridine rings is 1. The van der Waals surface area contributed by atoms with Crippen molar-refractivity contribution in [2.24, 2.45) is 5.73 Å². The van der Waals surface area contributed by atoms with Crippen LogP contribution in [0.15, 0.2) is 12.1 Å². The number of aromatic nitrogens is 1. The zero-order chi connectivity index (χ0) is 13.1. The van der Waals surface area contributed by atoms with E-state index in [-0.39, 0.29) is 0 Å². The molecule has 0 aromatic carbocycles. The fourth-order valence-corrected chi connectivity index (χ4v) is 1.92. The smallest absolute Gasteiger partial charge is 0.151 e. The second-order valence-electron chi connectivity index (χ2n) is 4.36. The van der Waals surface area contributed by atoms with E-state index in [2.05, 4.69) is 10.3 Å². The number of nitrogen functional groups attached to an aromatic ring is 1. The van der Waals surface area contributed by atoms with Crippen LogP contribution in [-0.2, 0) is 0 Å². The standard InChI is InChI=1S/C11H19N5O2/c12-3-4-14-11-7(13)1-2-10(15-11)16-5-8(17)9(18)6-16/h1-2,8-9,17-18H,3-6,12-13H2,(H,14,15). The van der Waals surface area contributed by atoms with Crippen molar-refractivity contribution in [1.29, 1.82) is 0 Å². The van der Waals surface area contributed by atoms with E-state index in [0.29, 0.717) is 43.5 Å². The van der Waals surface area contributed by atoms with Crippen molar-refractivity contribution in [2.45, 2.75) is 12.2 Å². The molecular weight excluding hydrogens is 234 g/mol. The van der Waals surface area contributed by atoms with Gasteiger partial charge in [-0.1, -0.05) is 0 Å². The minimum atomic E-state index is -0.732. The fraction of sp³-hybridized carbons (Fsp3) is 0.545. The number of aliphatic hydroxyl groups is 2. The Morgan fingerprint density at radius 2 is 2.00 bits per heavy atom. The molecule has 18 heavy (non-hydrogen) atoms. The second-order valence-corrected chi connectivity index (χ2v) is 4.36. The molecule has 1 aliphatic heterocycles. The first-order valence-corrected chi connectivity index (χ1v) is 5.93. The molecule has 1 saturated heterocycles. The number of anilines is 3. The molecule has 7 N–H and O–H groups in total. The van der Waals surface area contributed by atoms with Crippen molar-refractivity contribution in [3.8, 4) is 0 Å². The zero-order valence-corrected chi connectivity index (χ0v) is 10.1. The number of hydrogen-bond acceptors (Lipinski definition) is 7. The Morgan fingerprint density at radius 1 is 1.33 bits per heavy atom. The third kappa shape index (κ3) is 2.63. The van der Waals surface area contributed by atoms with E-state index in [1.54, 1.807) is 12.1 Å². The third-order valence-electron chi connectivity index (χ3n) is 2.93. The van der Waals surface area contributed by atoms with Gasteiger partial charge in [-0.05, 0) is 12.1 Å². The highest BCUT2D eigenvalue weighted by atomic mass is 16.3. The minimum Gasteiger partial charge on any atom is -0.396 e. The molecule has 0 aliphatic carbocycles. The molecule has 1 fully saturated rings. The summed E-state index contributed by atoms with van der Waals surface area (Å²) in [6.07, 6.45) is -1.46. The van der Waals surface area contributed by atoms with Gasteiger partial charge < -0.3 is 31.9 Å². The molecular formula is C11H19N5O2. The van der Waals surface area contributed by atoms with Crippen LogP contribution in [0, 0.1) is 0 Å². The van der Waals surface area contributed by atoms with E-state index in [1.165, 1.54) is 0 Å². The number of nitrogens with two attached hydrogens (primary N) is 2. The van der Waals surface area contributed by atoms with Crippen LogP contribution in [0.1, 0.15) is 0 Å². The monoisotopic (exact) mass is 253 g/mol. The molecule has 1 aromatic rings. The van der Waals surface area contributed by atoms with Crippen LogP contribution >= 0.6 is 0 Å². The third-order valence-corrected chi connectivity index (χ3v) is 2.93. The molecule has 2 atom stereocenters. The summed E-state index contributed by atoms with van der Waals surface area (Å²) in [4.78, 5) is 6.19. The number of hydrogen-bond donors (Lipinski definition) is 5. The molecule has 7 heteroatoms. The first kappa shape index (κ1) is 12.9. The Morgan fingerprint density at radius 3 is 2.61 bits per heavy atom. The van der Waals surface area contributed by atoms with Gasteiger partial charge in [0, 0.05) is 26.2 Å². The molecule has 0 radical (unpaired) electrons. The van der Waals surface area contributed by atoms with E-state index < -0.39 is 12.2 Å². The minimum absolute atomic E-state index is 0.369. The summed E-state index contributed by atoms with van der Waals surface area (Å²) >= 11 is 0. The van der Waals surface area contributed by atoms with Gasteiger partial charge in [0.25, 0.3) is 0 Å². The van der Waals surface area contributed by atoms with E-state index in [9.17, 15) is 10.2 Å². The number of nitrogens with zero attached hydrogens (tertiary/aromatic N) is 2. The Bertz CT molecular complexity index is 404. The summed E-state index contributed by atoms with van der Waals surface area (Å²) in [5.74, 6) is 1.26. The average Bonchev–Trinajstić information content (AvgIpc) is 2.69. The Hall–Kier alpha value is -1.57. The molecule has 2 heterocycles. The van der Waals surface area contributed by atoms with Gasteiger partial charge in [0.05, 0.1) is 17.9 Å². The molecule has 0 spiro atoms. The number of nitrogens with one attached hydrogen (secondary N) is 1. The molecule has 2 rings (SSSR count). The van der Waals surface area contributed by atoms with E-state index in [4.69, 9.17) is 11.5 Å². The fourth-order valence-electron chi connectivity index (χ4n) is 1.92. The summed E-state index contributed by atoms with van der Waals surface area (Å²) in [5.41, 5.74) is 11.8. The van der Waals surface area contributed by atoms with Crippen molar-refractivity contribution in [3.05, 3.63) is 12.1 Å². The van der Waals surface area contributed by atoms with Crippen LogP contribution in [0.5, 0.6) is 0 Å². The Balaban J connectivity index is 2.14. The van der Waals surface area contributed by atoms with Gasteiger partial charge in [-0.2, -0.15) is 0 Å². The van der Waals surface area contributed by atoms with Crippen LogP contribution in [-0.4, -0.2) is 53.6 Å². The number of rotatable bonds is 4. The molecule has 100 valence electrons. The lowest BCUT2D eigenvalue weighted by Gasteiger charge is -2.18. The highest BCUT2D eigenvalue weighted by molar-refractivity contribution is 5.65. The van der Waals surface area contributed by atoms with Crippen LogP contribution in [0.2, 0.25) is 0 Å². The lowest BCUT2D eigenvalue weighted by molar-refractivity contribution is 0.0572. The topological polar surface area (TPSA) is 121 Å². The van der Waals surface area contributed by atoms with Gasteiger partial charge in [-0.25, -0.2) is 4.98 Å². The van der Waals surface area contributed by atoms with Crippen LogP contribution < -0.4 is 21.7 Å². The normalized spacial score (nSPS) is 23.4. The average molecular weight is 253 g/mol. The molecule has 0 saturated carbocycles. The maximum Gasteiger partial charge on any atom is 0.151 e. The molecule has 1 aromatic heterocycles. The number of aliphatic hydroxyl groups excluding tert-OH is 2. The summed E-state index contributed by atoms with van der Waals surface area (Å²) in [6, 6.07) is 3.52. The molecule has 0 amide bonds. The SMILES string of the molecule is NCCNc1nc(N2CC(O)C(O)C2)ccc1N. The van der Waals surface area contributed by atoms with Gasteiger partial charge >= 0.3 is 0 Å². The largest absolute Gasteiger partial charge is 0.396 e. The summed E-state index contributed by atoms with van der Waals surface area (Å²) in [5, 5.41) is 22.1. The Kier molecular flexibility index (Phi) is 3.85. The highest BCUT2D eigenvalue weighted by Gasteiger charge is 2.30. The molecule has 7 nitrogen and oxygen atoms in total. The quantitative estimate of drug-likeness (QED) is 0.446. The Labute approximate surface area is 105 Å². The van der Waals surface area contributed by atoms with Gasteiger partial charge in [0.1, 0.15) is 5.82 Å². The predicted molar refractivity (Wildman–Crippen MR) is 70.4 cm³/mol. The van der Waals surface area contributed by atoms with Crippen molar-refractivity contribution < 1.29 is 10.2 Å². The van der Waals surface area contributed by atoms with Gasteiger partial charge in [0.2, 0.25) is 0 Å². The first-order chi connectivity index (χ1) is 8.61. The van der Waals surface area contributed by atoms with Crippen LogP contribution in [0.4, 0.5) is 17.3 Å². The van der Waals surface area contributed by atoms with E-state index in [0.717, 1.165) is 0 Å². The van der Waals surface area contributed by atoms with E-state index in [1.807, 2.05) is 4.90 Å². The number of β-amino-alcohol motifs (C(OH)–C–C–N with tert-alkyl or cyclic N) is 2. The van der Waals surface area contributed by atoms with Crippen LogP contribution in [0.25, 0.3) is 0 Å². The lowest BCUT2D eigenvalue weighted by atomic mass is 10.3. The second kappa shape index (κ2) is 5.38. The maximum atomic E-state index is 9.52. The van der Waals surface area contributed by atoms with Gasteiger partial charge in [-0.15, -0.1) is 0 Å². The molecule has 0 bridgehead atoms. The summed E-state index contributed by atoms with van der Waals surface area (Å²) in [6.45, 7) is 1.82. The zero-order valence-electron chi connectivity index (χ0n) is 10.1. The van der Waals surface area contributed by atoms with Crippen molar-refractivity contribution in [2.75, 3.05) is 42.1 Å². The van der Waals surface area contributed by atoms with Gasteiger partial charge in [0.15, 0.2) is 5.82 Å². The predicted octanol–water partition coefficient (Wildman–Crippen LogP) is -1.42. The van der Waals surface area contributed by atoms with Crippen molar-refractivity contribution in [1.82, 2.24) is 4.98 Å². The molecule has 2 unspecified atom stereocenters. The lowest BCUT2D eigenvalue weighted by Crippen LogP contribution is -2.23. The van der Waals surface area contributed by atoms with Crippen LogP contribution in [0.3, 0.4) is 0 Å².